The van der Waals surface area contributed by atoms with E-state index in [2.05, 4.69) is 5.32 Å². The maximum Gasteiger partial charge on any atom is 0.234 e. The van der Waals surface area contributed by atoms with Crippen LogP contribution in [0.5, 0.6) is 5.75 Å². The Morgan fingerprint density at radius 3 is 2.85 bits per heavy atom. The third-order valence-electron chi connectivity index (χ3n) is 2.67. The summed E-state index contributed by atoms with van der Waals surface area (Å²) in [6.45, 7) is 2.18. The number of para-hydroxylation sites is 1. The summed E-state index contributed by atoms with van der Waals surface area (Å²) < 4.78 is 5.58. The zero-order chi connectivity index (χ0) is 14.6. The summed E-state index contributed by atoms with van der Waals surface area (Å²) in [7, 11) is 1.90. The maximum atomic E-state index is 11.5. The fourth-order valence-electron chi connectivity index (χ4n) is 1.68. The van der Waals surface area contributed by atoms with Gasteiger partial charge < -0.3 is 10.1 Å². The van der Waals surface area contributed by atoms with Gasteiger partial charge in [0.15, 0.2) is 0 Å². The molecule has 1 aromatic carbocycles. The van der Waals surface area contributed by atoms with Gasteiger partial charge in [0.2, 0.25) is 5.91 Å². The summed E-state index contributed by atoms with van der Waals surface area (Å²) in [4.78, 5) is 13.4. The Bertz CT molecular complexity index is 428. The molecular formula is C15H21N3O2. The lowest BCUT2D eigenvalue weighted by Gasteiger charge is -2.16. The molecule has 5 heteroatoms. The van der Waals surface area contributed by atoms with E-state index >= 15 is 0 Å². The third-order valence-corrected chi connectivity index (χ3v) is 2.67. The van der Waals surface area contributed by atoms with Crippen molar-refractivity contribution in [3.63, 3.8) is 0 Å². The Morgan fingerprint density at radius 2 is 2.15 bits per heavy atom. The van der Waals surface area contributed by atoms with Crippen LogP contribution in [0.25, 0.3) is 0 Å². The third kappa shape index (κ3) is 7.39. The van der Waals surface area contributed by atoms with Crippen LogP contribution in [-0.2, 0) is 4.79 Å². The van der Waals surface area contributed by atoms with E-state index in [1.807, 2.05) is 48.3 Å². The number of likely N-dealkylation sites (N-methyl/N-ethyl adjacent to an activating group) is 1. The number of nitriles is 1. The average molecular weight is 275 g/mol. The largest absolute Gasteiger partial charge is 0.494 e. The molecule has 0 unspecified atom stereocenters. The van der Waals surface area contributed by atoms with Crippen LogP contribution in [0, 0.1) is 11.3 Å². The normalized spacial score (nSPS) is 10.1. The van der Waals surface area contributed by atoms with Crippen LogP contribution in [0.2, 0.25) is 0 Å². The van der Waals surface area contributed by atoms with Crippen LogP contribution in [0.1, 0.15) is 12.8 Å². The Labute approximate surface area is 120 Å². The van der Waals surface area contributed by atoms with Crippen LogP contribution in [-0.4, -0.2) is 44.1 Å². The van der Waals surface area contributed by atoms with Crippen molar-refractivity contribution < 1.29 is 9.53 Å². The summed E-state index contributed by atoms with van der Waals surface area (Å²) in [6, 6.07) is 11.7. The summed E-state index contributed by atoms with van der Waals surface area (Å²) in [5.41, 5.74) is 0. The maximum absolute atomic E-state index is 11.5. The van der Waals surface area contributed by atoms with Crippen molar-refractivity contribution in [2.75, 3.05) is 33.3 Å². The van der Waals surface area contributed by atoms with Gasteiger partial charge >= 0.3 is 0 Å². The average Bonchev–Trinajstić information content (AvgIpc) is 2.45. The number of hydrogen-bond donors (Lipinski definition) is 1. The Morgan fingerprint density at radius 1 is 1.40 bits per heavy atom. The number of ether oxygens (including phenoxy) is 1. The molecule has 20 heavy (non-hydrogen) atoms. The van der Waals surface area contributed by atoms with Crippen molar-refractivity contribution in [3.05, 3.63) is 30.3 Å². The van der Waals surface area contributed by atoms with Gasteiger partial charge in [0.1, 0.15) is 5.75 Å². The second-order valence-electron chi connectivity index (χ2n) is 4.51. The van der Waals surface area contributed by atoms with Gasteiger partial charge in [-0.1, -0.05) is 18.2 Å². The number of benzene rings is 1. The summed E-state index contributed by atoms with van der Waals surface area (Å²) >= 11 is 0. The minimum atomic E-state index is -0.0493. The molecule has 5 nitrogen and oxygen atoms in total. The number of carbonyl (C=O) groups is 1. The van der Waals surface area contributed by atoms with Gasteiger partial charge in [-0.05, 0) is 25.6 Å². The smallest absolute Gasteiger partial charge is 0.234 e. The summed E-state index contributed by atoms with van der Waals surface area (Å²) in [5, 5.41) is 11.1. The highest BCUT2D eigenvalue weighted by Crippen LogP contribution is 2.08. The van der Waals surface area contributed by atoms with Crippen LogP contribution < -0.4 is 10.1 Å². The molecular weight excluding hydrogens is 254 g/mol. The standard InChI is InChI=1S/C15H21N3O2/c1-18(13-15(19)17-10-5-9-16)11-6-12-20-14-7-3-2-4-8-14/h2-4,7-8H,5-6,10-13H2,1H3,(H,17,19). The number of nitrogens with zero attached hydrogens (tertiary/aromatic N) is 2. The zero-order valence-electron chi connectivity index (χ0n) is 11.8. The second-order valence-corrected chi connectivity index (χ2v) is 4.51. The molecule has 1 rings (SSSR count). The SMILES string of the molecule is CN(CCCOc1ccccc1)CC(=O)NCCC#N. The molecule has 108 valence electrons. The molecule has 0 heterocycles. The lowest BCUT2D eigenvalue weighted by atomic mass is 10.3. The Kier molecular flexibility index (Phi) is 7.85. The molecule has 0 saturated heterocycles. The first-order valence-electron chi connectivity index (χ1n) is 6.72. The number of amides is 1. The number of rotatable bonds is 9. The van der Waals surface area contributed by atoms with Crippen LogP contribution >= 0.6 is 0 Å². The van der Waals surface area contributed by atoms with E-state index in [0.717, 1.165) is 18.7 Å². The summed E-state index contributed by atoms with van der Waals surface area (Å²) in [5.74, 6) is 0.816. The fourth-order valence-corrected chi connectivity index (χ4v) is 1.68. The van der Waals surface area contributed by atoms with E-state index in [1.54, 1.807) is 0 Å². The highest BCUT2D eigenvalue weighted by molar-refractivity contribution is 5.77. The van der Waals surface area contributed by atoms with E-state index in [-0.39, 0.29) is 5.91 Å². The van der Waals surface area contributed by atoms with Crippen molar-refractivity contribution in [1.29, 1.82) is 5.26 Å². The number of nitrogens with one attached hydrogen (secondary N) is 1. The molecule has 0 aliphatic rings. The van der Waals surface area contributed by atoms with Crippen molar-refractivity contribution >= 4 is 5.91 Å². The molecule has 1 amide bonds. The monoisotopic (exact) mass is 275 g/mol. The van der Waals surface area contributed by atoms with Gasteiger partial charge in [-0.3, -0.25) is 9.69 Å². The van der Waals surface area contributed by atoms with Gasteiger partial charge in [-0.15, -0.1) is 0 Å². The van der Waals surface area contributed by atoms with E-state index in [9.17, 15) is 4.79 Å². The minimum absolute atomic E-state index is 0.0493. The van der Waals surface area contributed by atoms with Crippen molar-refractivity contribution in [2.45, 2.75) is 12.8 Å². The number of carbonyl (C=O) groups excluding carboxylic acids is 1. The number of hydrogen-bond acceptors (Lipinski definition) is 4. The first kappa shape index (κ1) is 16.0. The van der Waals surface area contributed by atoms with Crippen LogP contribution in [0.15, 0.2) is 30.3 Å². The second kappa shape index (κ2) is 9.82. The van der Waals surface area contributed by atoms with Crippen molar-refractivity contribution in [1.82, 2.24) is 10.2 Å². The van der Waals surface area contributed by atoms with Gasteiger partial charge in [0.05, 0.1) is 25.6 Å². The molecule has 0 fully saturated rings. The summed E-state index contributed by atoms with van der Waals surface area (Å²) in [6.07, 6.45) is 1.21. The van der Waals surface area contributed by atoms with Gasteiger partial charge in [0, 0.05) is 13.1 Å². The molecule has 0 bridgehead atoms. The van der Waals surface area contributed by atoms with E-state index in [1.165, 1.54) is 0 Å². The van der Waals surface area contributed by atoms with E-state index in [0.29, 0.717) is 26.1 Å². The highest BCUT2D eigenvalue weighted by atomic mass is 16.5. The predicted octanol–water partition coefficient (Wildman–Crippen LogP) is 1.42. The van der Waals surface area contributed by atoms with E-state index < -0.39 is 0 Å². The molecule has 0 spiro atoms. The van der Waals surface area contributed by atoms with E-state index in [4.69, 9.17) is 10.00 Å². The quantitative estimate of drug-likeness (QED) is 0.692. The Hall–Kier alpha value is -2.06. The van der Waals surface area contributed by atoms with Crippen molar-refractivity contribution in [2.24, 2.45) is 0 Å². The van der Waals surface area contributed by atoms with Gasteiger partial charge in [0.25, 0.3) is 0 Å². The Balaban J connectivity index is 2.06. The lowest BCUT2D eigenvalue weighted by molar-refractivity contribution is -0.121. The fraction of sp³-hybridized carbons (Fsp3) is 0.467. The zero-order valence-corrected chi connectivity index (χ0v) is 11.8. The predicted molar refractivity (Wildman–Crippen MR) is 77.3 cm³/mol. The highest BCUT2D eigenvalue weighted by Gasteiger charge is 2.05. The van der Waals surface area contributed by atoms with Gasteiger partial charge in [-0.2, -0.15) is 5.26 Å². The molecule has 0 atom stereocenters. The molecule has 0 radical (unpaired) electrons. The molecule has 0 saturated carbocycles. The first-order chi connectivity index (χ1) is 9.72. The van der Waals surface area contributed by atoms with Crippen LogP contribution in [0.3, 0.4) is 0 Å². The minimum Gasteiger partial charge on any atom is -0.494 e. The molecule has 0 aliphatic heterocycles. The van der Waals surface area contributed by atoms with Crippen LogP contribution in [0.4, 0.5) is 0 Å². The molecule has 1 aromatic rings. The lowest BCUT2D eigenvalue weighted by Crippen LogP contribution is -2.36. The molecule has 0 aromatic heterocycles. The molecule has 1 N–H and O–H groups in total. The molecule has 0 aliphatic carbocycles. The van der Waals surface area contributed by atoms with Crippen molar-refractivity contribution in [3.8, 4) is 11.8 Å². The van der Waals surface area contributed by atoms with Gasteiger partial charge in [-0.25, -0.2) is 0 Å². The first-order valence-corrected chi connectivity index (χ1v) is 6.72. The topological polar surface area (TPSA) is 65.4 Å².